The first-order valence-corrected chi connectivity index (χ1v) is 6.72. The number of hydrogen-bond acceptors (Lipinski definition) is 4. The number of ether oxygens (including phenoxy) is 1. The number of amides is 1. The van der Waals surface area contributed by atoms with E-state index in [4.69, 9.17) is 10.5 Å². The van der Waals surface area contributed by atoms with E-state index in [9.17, 15) is 4.79 Å². The molecule has 0 saturated heterocycles. The number of nitrogens with two attached hydrogens (primary N) is 1. The highest BCUT2D eigenvalue weighted by molar-refractivity contribution is 7.10. The third-order valence-electron chi connectivity index (χ3n) is 2.89. The summed E-state index contributed by atoms with van der Waals surface area (Å²) in [7, 11) is 3.31. The van der Waals surface area contributed by atoms with E-state index in [1.165, 1.54) is 11.3 Å². The highest BCUT2D eigenvalue weighted by Crippen LogP contribution is 2.24. The van der Waals surface area contributed by atoms with Crippen LogP contribution >= 0.6 is 11.3 Å². The summed E-state index contributed by atoms with van der Waals surface area (Å²) in [6.45, 7) is 0. The van der Waals surface area contributed by atoms with Crippen molar-refractivity contribution in [2.24, 2.45) is 5.73 Å². The van der Waals surface area contributed by atoms with Gasteiger partial charge in [0.2, 0.25) is 5.91 Å². The van der Waals surface area contributed by atoms with Gasteiger partial charge in [0, 0.05) is 23.7 Å². The standard InChI is InChI=1S/C14H16N2O2S/c1-16(10-5-3-6-11(9-10)18-2)14(17)13(15)12-7-4-8-19-12/h3-9,13H,15H2,1-2H3. The number of likely N-dealkylation sites (N-methyl/N-ethyl adjacent to an activating group) is 1. The van der Waals surface area contributed by atoms with Crippen LogP contribution in [0.3, 0.4) is 0 Å². The lowest BCUT2D eigenvalue weighted by atomic mass is 10.2. The van der Waals surface area contributed by atoms with Crippen LogP contribution in [0.15, 0.2) is 41.8 Å². The lowest BCUT2D eigenvalue weighted by Crippen LogP contribution is -2.35. The maximum absolute atomic E-state index is 12.3. The van der Waals surface area contributed by atoms with Gasteiger partial charge in [-0.3, -0.25) is 4.79 Å². The first-order valence-electron chi connectivity index (χ1n) is 5.84. The van der Waals surface area contributed by atoms with Crippen molar-refractivity contribution in [2.75, 3.05) is 19.1 Å². The number of carbonyl (C=O) groups is 1. The second kappa shape index (κ2) is 5.86. The van der Waals surface area contributed by atoms with Crippen molar-refractivity contribution in [3.8, 4) is 5.75 Å². The van der Waals surface area contributed by atoms with Gasteiger partial charge in [-0.15, -0.1) is 11.3 Å². The molecule has 1 heterocycles. The zero-order valence-electron chi connectivity index (χ0n) is 10.9. The molecule has 0 aliphatic rings. The summed E-state index contributed by atoms with van der Waals surface area (Å²) in [4.78, 5) is 14.7. The van der Waals surface area contributed by atoms with Crippen molar-refractivity contribution in [1.82, 2.24) is 0 Å². The summed E-state index contributed by atoms with van der Waals surface area (Å²) in [6, 6.07) is 10.5. The van der Waals surface area contributed by atoms with Crippen LogP contribution in [0.2, 0.25) is 0 Å². The minimum Gasteiger partial charge on any atom is -0.497 e. The van der Waals surface area contributed by atoms with Gasteiger partial charge in [-0.25, -0.2) is 0 Å². The van der Waals surface area contributed by atoms with Crippen molar-refractivity contribution in [3.05, 3.63) is 46.7 Å². The minimum absolute atomic E-state index is 0.143. The first-order chi connectivity index (χ1) is 9.13. The Morgan fingerprint density at radius 1 is 1.37 bits per heavy atom. The summed E-state index contributed by atoms with van der Waals surface area (Å²) in [5.41, 5.74) is 6.74. The van der Waals surface area contributed by atoms with Gasteiger partial charge < -0.3 is 15.4 Å². The summed E-state index contributed by atoms with van der Waals surface area (Å²) in [5.74, 6) is 0.567. The number of anilines is 1. The third-order valence-corrected chi connectivity index (χ3v) is 3.84. The molecule has 2 aromatic rings. The second-order valence-electron chi connectivity index (χ2n) is 4.09. The highest BCUT2D eigenvalue weighted by Gasteiger charge is 2.21. The van der Waals surface area contributed by atoms with Gasteiger partial charge in [-0.1, -0.05) is 12.1 Å². The maximum Gasteiger partial charge on any atom is 0.249 e. The number of benzene rings is 1. The van der Waals surface area contributed by atoms with E-state index in [0.29, 0.717) is 5.75 Å². The molecular weight excluding hydrogens is 260 g/mol. The van der Waals surface area contributed by atoms with E-state index < -0.39 is 6.04 Å². The first kappa shape index (κ1) is 13.6. The predicted molar refractivity (Wildman–Crippen MR) is 77.7 cm³/mol. The fraction of sp³-hybridized carbons (Fsp3) is 0.214. The van der Waals surface area contributed by atoms with Gasteiger partial charge in [-0.05, 0) is 23.6 Å². The Labute approximate surface area is 116 Å². The summed E-state index contributed by atoms with van der Waals surface area (Å²) in [5, 5.41) is 1.91. The molecule has 0 fully saturated rings. The number of thiophene rings is 1. The normalized spacial score (nSPS) is 11.9. The zero-order valence-corrected chi connectivity index (χ0v) is 11.7. The highest BCUT2D eigenvalue weighted by atomic mass is 32.1. The van der Waals surface area contributed by atoms with Crippen LogP contribution in [-0.4, -0.2) is 20.1 Å². The monoisotopic (exact) mass is 276 g/mol. The van der Waals surface area contributed by atoms with Crippen LogP contribution in [-0.2, 0) is 4.79 Å². The average Bonchev–Trinajstić information content (AvgIpc) is 2.99. The van der Waals surface area contributed by atoms with Gasteiger partial charge >= 0.3 is 0 Å². The number of carbonyl (C=O) groups excluding carboxylic acids is 1. The fourth-order valence-corrected chi connectivity index (χ4v) is 2.46. The third kappa shape index (κ3) is 2.94. The predicted octanol–water partition coefficient (Wildman–Crippen LogP) is 2.42. The Morgan fingerprint density at radius 3 is 2.79 bits per heavy atom. The van der Waals surface area contributed by atoms with E-state index in [1.807, 2.05) is 35.7 Å². The van der Waals surface area contributed by atoms with Crippen LogP contribution in [0, 0.1) is 0 Å². The second-order valence-corrected chi connectivity index (χ2v) is 5.07. The van der Waals surface area contributed by atoms with E-state index in [1.54, 1.807) is 25.1 Å². The van der Waals surface area contributed by atoms with Crippen molar-refractivity contribution in [3.63, 3.8) is 0 Å². The molecule has 0 saturated carbocycles. The van der Waals surface area contributed by atoms with Crippen LogP contribution in [0.25, 0.3) is 0 Å². The van der Waals surface area contributed by atoms with Crippen LogP contribution in [0.5, 0.6) is 5.75 Å². The number of hydrogen-bond donors (Lipinski definition) is 1. The Morgan fingerprint density at radius 2 is 2.16 bits per heavy atom. The fourth-order valence-electron chi connectivity index (χ4n) is 1.74. The summed E-state index contributed by atoms with van der Waals surface area (Å²) < 4.78 is 5.15. The molecule has 0 spiro atoms. The zero-order chi connectivity index (χ0) is 13.8. The minimum atomic E-state index is -0.629. The molecule has 0 aliphatic heterocycles. The van der Waals surface area contributed by atoms with Gasteiger partial charge in [0.1, 0.15) is 11.8 Å². The molecule has 0 radical (unpaired) electrons. The van der Waals surface area contributed by atoms with Gasteiger partial charge in [0.15, 0.2) is 0 Å². The molecule has 0 bridgehead atoms. The molecule has 4 nitrogen and oxygen atoms in total. The van der Waals surface area contributed by atoms with Gasteiger partial charge in [-0.2, -0.15) is 0 Å². The average molecular weight is 276 g/mol. The lowest BCUT2D eigenvalue weighted by molar-refractivity contribution is -0.119. The van der Waals surface area contributed by atoms with Crippen molar-refractivity contribution in [1.29, 1.82) is 0 Å². The molecule has 1 atom stereocenters. The van der Waals surface area contributed by atoms with Crippen molar-refractivity contribution < 1.29 is 9.53 Å². The van der Waals surface area contributed by atoms with Crippen LogP contribution in [0.1, 0.15) is 10.9 Å². The lowest BCUT2D eigenvalue weighted by Gasteiger charge is -2.21. The number of methoxy groups -OCH3 is 1. The van der Waals surface area contributed by atoms with E-state index in [2.05, 4.69) is 0 Å². The summed E-state index contributed by atoms with van der Waals surface area (Å²) in [6.07, 6.45) is 0. The number of nitrogens with zero attached hydrogens (tertiary/aromatic N) is 1. The Hall–Kier alpha value is -1.85. The van der Waals surface area contributed by atoms with Crippen molar-refractivity contribution in [2.45, 2.75) is 6.04 Å². The maximum atomic E-state index is 12.3. The molecule has 2 rings (SSSR count). The molecule has 0 aliphatic carbocycles. The van der Waals surface area contributed by atoms with Crippen LogP contribution in [0.4, 0.5) is 5.69 Å². The van der Waals surface area contributed by atoms with Crippen LogP contribution < -0.4 is 15.4 Å². The summed E-state index contributed by atoms with van der Waals surface area (Å²) >= 11 is 1.48. The quantitative estimate of drug-likeness (QED) is 0.933. The molecule has 1 amide bonds. The molecule has 5 heteroatoms. The van der Waals surface area contributed by atoms with Gasteiger partial charge in [0.25, 0.3) is 0 Å². The Balaban J connectivity index is 2.18. The molecule has 1 aromatic carbocycles. The molecular formula is C14H16N2O2S. The molecule has 1 aromatic heterocycles. The molecule has 100 valence electrons. The van der Waals surface area contributed by atoms with E-state index in [-0.39, 0.29) is 5.91 Å². The van der Waals surface area contributed by atoms with Crippen molar-refractivity contribution >= 4 is 22.9 Å². The molecule has 2 N–H and O–H groups in total. The Kier molecular flexibility index (Phi) is 4.19. The van der Waals surface area contributed by atoms with E-state index in [0.717, 1.165) is 10.6 Å². The smallest absolute Gasteiger partial charge is 0.249 e. The number of rotatable bonds is 4. The molecule has 1 unspecified atom stereocenters. The SMILES string of the molecule is COc1cccc(N(C)C(=O)C(N)c2cccs2)c1. The largest absolute Gasteiger partial charge is 0.497 e. The topological polar surface area (TPSA) is 55.6 Å². The van der Waals surface area contributed by atoms with E-state index >= 15 is 0 Å². The molecule has 19 heavy (non-hydrogen) atoms. The Bertz CT molecular complexity index is 554. The van der Waals surface area contributed by atoms with Gasteiger partial charge in [0.05, 0.1) is 7.11 Å².